The fourth-order valence-corrected chi connectivity index (χ4v) is 3.46. The van der Waals surface area contributed by atoms with Crippen molar-refractivity contribution in [1.82, 2.24) is 9.21 Å². The van der Waals surface area contributed by atoms with Gasteiger partial charge < -0.3 is 4.90 Å². The first-order valence-electron chi connectivity index (χ1n) is 5.04. The highest BCUT2D eigenvalue weighted by Crippen LogP contribution is 2.29. The lowest BCUT2D eigenvalue weighted by molar-refractivity contribution is 0.176. The van der Waals surface area contributed by atoms with Gasteiger partial charge in [-0.3, -0.25) is 0 Å². The summed E-state index contributed by atoms with van der Waals surface area (Å²) in [5.74, 6) is 0. The lowest BCUT2D eigenvalue weighted by Gasteiger charge is -2.36. The number of piperazine rings is 1. The van der Waals surface area contributed by atoms with Crippen LogP contribution in [-0.4, -0.2) is 51.4 Å². The van der Waals surface area contributed by atoms with E-state index < -0.39 is 11.0 Å². The third-order valence-electron chi connectivity index (χ3n) is 2.81. The van der Waals surface area contributed by atoms with Crippen LogP contribution in [0.5, 0.6) is 0 Å². The van der Waals surface area contributed by atoms with Gasteiger partial charge in [-0.1, -0.05) is 0 Å². The van der Waals surface area contributed by atoms with E-state index in [1.807, 2.05) is 0 Å². The summed E-state index contributed by atoms with van der Waals surface area (Å²) in [4.78, 5) is 2.31. The Kier molecular flexibility index (Phi) is 2.72. The van der Waals surface area contributed by atoms with Crippen LogP contribution in [0.25, 0.3) is 0 Å². The Bertz CT molecular complexity index is 218. The molecule has 0 spiro atoms. The number of hydrogen-bond acceptors (Lipinski definition) is 2. The van der Waals surface area contributed by atoms with Gasteiger partial charge in [0.15, 0.2) is 0 Å². The molecule has 2 fully saturated rings. The van der Waals surface area contributed by atoms with E-state index in [0.29, 0.717) is 11.3 Å². The number of nitrogens with zero attached hydrogens (tertiary/aromatic N) is 2. The largest absolute Gasteiger partial charge is 0.303 e. The molecule has 13 heavy (non-hydrogen) atoms. The van der Waals surface area contributed by atoms with Crippen molar-refractivity contribution in [2.24, 2.45) is 0 Å². The van der Waals surface area contributed by atoms with E-state index in [0.717, 1.165) is 19.6 Å². The summed E-state index contributed by atoms with van der Waals surface area (Å²) in [5, 5.41) is 0.492. The van der Waals surface area contributed by atoms with E-state index in [2.05, 4.69) is 23.2 Å². The molecule has 3 nitrogen and oxygen atoms in total. The minimum Gasteiger partial charge on any atom is -0.303 e. The van der Waals surface area contributed by atoms with Crippen LogP contribution in [0.4, 0.5) is 0 Å². The Labute approximate surface area is 82.7 Å². The van der Waals surface area contributed by atoms with Gasteiger partial charge in [-0.25, -0.2) is 8.51 Å². The SMILES string of the molecule is CC1CN(C)CCN1S(=O)C1CC1. The van der Waals surface area contributed by atoms with Gasteiger partial charge in [-0.15, -0.1) is 0 Å². The molecular weight excluding hydrogens is 184 g/mol. The van der Waals surface area contributed by atoms with Gasteiger partial charge in [0.2, 0.25) is 0 Å². The van der Waals surface area contributed by atoms with Gasteiger partial charge in [-0.05, 0) is 26.8 Å². The fourth-order valence-electron chi connectivity index (χ4n) is 1.85. The van der Waals surface area contributed by atoms with Gasteiger partial charge in [0, 0.05) is 30.9 Å². The smallest absolute Gasteiger partial charge is 0.0977 e. The minimum atomic E-state index is -0.685. The Balaban J connectivity index is 1.94. The predicted octanol–water partition coefficient (Wildman–Crippen LogP) is 0.448. The molecule has 2 aliphatic rings. The van der Waals surface area contributed by atoms with Gasteiger partial charge in [0.05, 0.1) is 11.0 Å². The van der Waals surface area contributed by atoms with Crippen LogP contribution in [0.3, 0.4) is 0 Å². The van der Waals surface area contributed by atoms with Crippen LogP contribution in [0.15, 0.2) is 0 Å². The molecule has 2 unspecified atom stereocenters. The Hall–Kier alpha value is 0.0700. The molecule has 2 rings (SSSR count). The minimum absolute atomic E-state index is 0.459. The highest BCUT2D eigenvalue weighted by atomic mass is 32.2. The molecule has 0 N–H and O–H groups in total. The number of likely N-dealkylation sites (N-methyl/N-ethyl adjacent to an activating group) is 1. The van der Waals surface area contributed by atoms with E-state index >= 15 is 0 Å². The Morgan fingerprint density at radius 1 is 1.31 bits per heavy atom. The zero-order valence-corrected chi connectivity index (χ0v) is 9.22. The van der Waals surface area contributed by atoms with Crippen molar-refractivity contribution in [2.75, 3.05) is 26.7 Å². The summed E-state index contributed by atoms with van der Waals surface area (Å²) < 4.78 is 14.1. The maximum Gasteiger partial charge on any atom is 0.0977 e. The lowest BCUT2D eigenvalue weighted by atomic mass is 10.2. The van der Waals surface area contributed by atoms with E-state index in [1.54, 1.807) is 0 Å². The molecule has 76 valence electrons. The second-order valence-corrected chi connectivity index (χ2v) is 5.92. The summed E-state index contributed by atoms with van der Waals surface area (Å²) >= 11 is 0. The van der Waals surface area contributed by atoms with Gasteiger partial charge in [-0.2, -0.15) is 0 Å². The van der Waals surface area contributed by atoms with Crippen LogP contribution in [0.2, 0.25) is 0 Å². The normalized spacial score (nSPS) is 34.8. The van der Waals surface area contributed by atoms with Gasteiger partial charge >= 0.3 is 0 Å². The van der Waals surface area contributed by atoms with Gasteiger partial charge in [0.1, 0.15) is 0 Å². The zero-order chi connectivity index (χ0) is 9.42. The summed E-state index contributed by atoms with van der Waals surface area (Å²) in [6, 6.07) is 0.459. The Morgan fingerprint density at radius 2 is 2.00 bits per heavy atom. The molecule has 1 aliphatic heterocycles. The standard InChI is InChI=1S/C9H18N2OS/c1-8-7-10(2)5-6-11(8)13(12)9-3-4-9/h8-9H,3-7H2,1-2H3. The van der Waals surface area contributed by atoms with Gasteiger partial charge in [0.25, 0.3) is 0 Å². The monoisotopic (exact) mass is 202 g/mol. The molecule has 0 aromatic rings. The molecule has 0 bridgehead atoms. The lowest BCUT2D eigenvalue weighted by Crippen LogP contribution is -2.51. The molecule has 1 saturated heterocycles. The van der Waals surface area contributed by atoms with Crippen molar-refractivity contribution in [3.05, 3.63) is 0 Å². The van der Waals surface area contributed by atoms with Crippen molar-refractivity contribution in [3.8, 4) is 0 Å². The van der Waals surface area contributed by atoms with Crippen LogP contribution >= 0.6 is 0 Å². The first-order valence-corrected chi connectivity index (χ1v) is 6.21. The van der Waals surface area contributed by atoms with Crippen molar-refractivity contribution >= 4 is 11.0 Å². The molecule has 1 heterocycles. The molecule has 0 aromatic carbocycles. The average Bonchev–Trinajstić information content (AvgIpc) is 2.85. The summed E-state index contributed by atoms with van der Waals surface area (Å²) in [5.41, 5.74) is 0. The van der Waals surface area contributed by atoms with E-state index in [9.17, 15) is 4.21 Å². The van der Waals surface area contributed by atoms with Crippen LogP contribution in [0, 0.1) is 0 Å². The van der Waals surface area contributed by atoms with Crippen molar-refractivity contribution in [1.29, 1.82) is 0 Å². The third-order valence-corrected chi connectivity index (χ3v) is 4.86. The fraction of sp³-hybridized carbons (Fsp3) is 1.00. The average molecular weight is 202 g/mol. The predicted molar refractivity (Wildman–Crippen MR) is 54.8 cm³/mol. The van der Waals surface area contributed by atoms with Crippen molar-refractivity contribution in [2.45, 2.75) is 31.1 Å². The molecule has 2 atom stereocenters. The van der Waals surface area contributed by atoms with Crippen molar-refractivity contribution < 1.29 is 4.21 Å². The summed E-state index contributed by atoms with van der Waals surface area (Å²) in [6.07, 6.45) is 2.34. The summed E-state index contributed by atoms with van der Waals surface area (Å²) in [6.45, 7) is 5.26. The highest BCUT2D eigenvalue weighted by molar-refractivity contribution is 7.83. The topological polar surface area (TPSA) is 23.6 Å². The second-order valence-electron chi connectivity index (χ2n) is 4.23. The zero-order valence-electron chi connectivity index (χ0n) is 8.40. The Morgan fingerprint density at radius 3 is 2.54 bits per heavy atom. The molecule has 0 amide bonds. The maximum absolute atomic E-state index is 11.9. The van der Waals surface area contributed by atoms with E-state index in [4.69, 9.17) is 0 Å². The quantitative estimate of drug-likeness (QED) is 0.649. The maximum atomic E-state index is 11.9. The van der Waals surface area contributed by atoms with Crippen molar-refractivity contribution in [3.63, 3.8) is 0 Å². The highest BCUT2D eigenvalue weighted by Gasteiger charge is 2.36. The summed E-state index contributed by atoms with van der Waals surface area (Å²) in [7, 11) is 1.45. The van der Waals surface area contributed by atoms with Crippen LogP contribution < -0.4 is 0 Å². The molecule has 0 radical (unpaired) electrons. The van der Waals surface area contributed by atoms with E-state index in [1.165, 1.54) is 12.8 Å². The second kappa shape index (κ2) is 3.67. The third kappa shape index (κ3) is 2.11. The van der Waals surface area contributed by atoms with E-state index in [-0.39, 0.29) is 0 Å². The molecule has 4 heteroatoms. The molecule has 1 aliphatic carbocycles. The first kappa shape index (κ1) is 9.62. The van der Waals surface area contributed by atoms with Crippen LogP contribution in [0.1, 0.15) is 19.8 Å². The molecule has 1 saturated carbocycles. The molecule has 0 aromatic heterocycles. The van der Waals surface area contributed by atoms with Crippen LogP contribution in [-0.2, 0) is 11.0 Å². The molecular formula is C9H18N2OS. The number of hydrogen-bond donors (Lipinski definition) is 0. The number of rotatable bonds is 2. The first-order chi connectivity index (χ1) is 6.18.